The lowest BCUT2D eigenvalue weighted by Crippen LogP contribution is -2.21. The number of hydrogen-bond acceptors (Lipinski definition) is 3. The van der Waals surface area contributed by atoms with E-state index in [9.17, 15) is 5.11 Å². The zero-order valence-corrected chi connectivity index (χ0v) is 6.75. The quantitative estimate of drug-likeness (QED) is 0.498. The Morgan fingerprint density at radius 1 is 1.82 bits per heavy atom. The molecular weight excluding hydrogens is 144 g/mol. The first-order chi connectivity index (χ1) is 5.14. The normalized spacial score (nSPS) is 37.5. The zero-order valence-electron chi connectivity index (χ0n) is 6.75. The summed E-state index contributed by atoms with van der Waals surface area (Å²) in [4.78, 5) is 9.54. The fraction of sp³-hybridized carbons (Fsp3) is 0.750. The van der Waals surface area contributed by atoms with E-state index in [-0.39, 0.29) is 6.10 Å². The van der Waals surface area contributed by atoms with Gasteiger partial charge in [-0.25, -0.2) is 9.78 Å². The van der Waals surface area contributed by atoms with Crippen molar-refractivity contribution in [2.75, 3.05) is 0 Å². The molecule has 1 unspecified atom stereocenters. The van der Waals surface area contributed by atoms with Gasteiger partial charge < -0.3 is 5.11 Å². The molecule has 1 aliphatic heterocycles. The van der Waals surface area contributed by atoms with E-state index < -0.39 is 5.79 Å². The summed E-state index contributed by atoms with van der Waals surface area (Å²) in [5.41, 5.74) is 0. The average Bonchev–Trinajstić information content (AvgIpc) is 2.26. The van der Waals surface area contributed by atoms with Crippen LogP contribution in [0, 0.1) is 0 Å². The number of hydrogen-bond donors (Lipinski definition) is 1. The van der Waals surface area contributed by atoms with Crippen molar-refractivity contribution in [1.82, 2.24) is 0 Å². The molecule has 0 spiro atoms. The summed E-state index contributed by atoms with van der Waals surface area (Å²) in [5, 5.41) is 9.29. The van der Waals surface area contributed by atoms with Crippen LogP contribution in [0.25, 0.3) is 0 Å². The third-order valence-corrected chi connectivity index (χ3v) is 1.66. The van der Waals surface area contributed by atoms with E-state index in [4.69, 9.17) is 4.89 Å². The molecule has 1 heterocycles. The van der Waals surface area contributed by atoms with Gasteiger partial charge in [0.05, 0.1) is 6.10 Å². The molecule has 0 amide bonds. The second-order valence-electron chi connectivity index (χ2n) is 3.05. The molecule has 0 aromatic carbocycles. The van der Waals surface area contributed by atoms with Gasteiger partial charge in [0.15, 0.2) is 5.79 Å². The van der Waals surface area contributed by atoms with Gasteiger partial charge in [-0.1, -0.05) is 6.08 Å². The van der Waals surface area contributed by atoms with Crippen LogP contribution in [0.5, 0.6) is 0 Å². The summed E-state index contributed by atoms with van der Waals surface area (Å²) in [6, 6.07) is 0. The Balaban J connectivity index is 2.24. The second kappa shape index (κ2) is 3.34. The van der Waals surface area contributed by atoms with Crippen molar-refractivity contribution in [2.45, 2.75) is 38.1 Å². The maximum absolute atomic E-state index is 9.29. The third kappa shape index (κ3) is 2.61. The third-order valence-electron chi connectivity index (χ3n) is 1.66. The summed E-state index contributed by atoms with van der Waals surface area (Å²) in [5.74, 6) is -1.09. The predicted octanol–water partition coefficient (Wildman–Crippen LogP) is 1.38. The number of rotatable bonds is 3. The molecule has 0 aliphatic carbocycles. The molecule has 64 valence electrons. The van der Waals surface area contributed by atoms with Crippen molar-refractivity contribution >= 4 is 0 Å². The summed E-state index contributed by atoms with van der Waals surface area (Å²) >= 11 is 0. The summed E-state index contributed by atoms with van der Waals surface area (Å²) in [6.07, 6.45) is 4.14. The van der Waals surface area contributed by atoms with Crippen LogP contribution in [-0.2, 0) is 9.78 Å². The molecule has 0 saturated carbocycles. The van der Waals surface area contributed by atoms with Gasteiger partial charge in [-0.2, -0.15) is 0 Å². The fourth-order valence-corrected chi connectivity index (χ4v) is 1.12. The first kappa shape index (κ1) is 8.71. The molecule has 1 fully saturated rings. The first-order valence-corrected chi connectivity index (χ1v) is 3.82. The van der Waals surface area contributed by atoms with E-state index >= 15 is 0 Å². The van der Waals surface area contributed by atoms with Crippen LogP contribution < -0.4 is 0 Å². The van der Waals surface area contributed by atoms with Crippen molar-refractivity contribution in [2.24, 2.45) is 0 Å². The van der Waals surface area contributed by atoms with Gasteiger partial charge in [-0.3, -0.25) is 0 Å². The van der Waals surface area contributed by atoms with Gasteiger partial charge >= 0.3 is 0 Å². The maximum Gasteiger partial charge on any atom is 0.198 e. The van der Waals surface area contributed by atoms with Gasteiger partial charge in [-0.05, 0) is 19.8 Å². The van der Waals surface area contributed by atoms with E-state index in [0.717, 1.165) is 12.8 Å². The Morgan fingerprint density at radius 3 is 3.00 bits per heavy atom. The van der Waals surface area contributed by atoms with Crippen LogP contribution in [0.2, 0.25) is 0 Å². The van der Waals surface area contributed by atoms with Gasteiger partial charge in [0, 0.05) is 6.42 Å². The van der Waals surface area contributed by atoms with Gasteiger partial charge in [0.1, 0.15) is 0 Å². The van der Waals surface area contributed by atoms with E-state index in [1.807, 2.05) is 6.08 Å². The van der Waals surface area contributed by atoms with E-state index in [1.165, 1.54) is 0 Å². The average molecular weight is 158 g/mol. The molecule has 3 nitrogen and oxygen atoms in total. The van der Waals surface area contributed by atoms with Crippen LogP contribution in [0.15, 0.2) is 12.7 Å². The topological polar surface area (TPSA) is 38.7 Å². The monoisotopic (exact) mass is 158 g/mol. The van der Waals surface area contributed by atoms with E-state index in [2.05, 4.69) is 11.5 Å². The number of aliphatic hydroxyl groups is 1. The lowest BCUT2D eigenvalue weighted by Gasteiger charge is -2.09. The van der Waals surface area contributed by atoms with Crippen LogP contribution in [-0.4, -0.2) is 17.0 Å². The Morgan fingerprint density at radius 2 is 2.55 bits per heavy atom. The molecular formula is C8H14O3. The second-order valence-corrected chi connectivity index (χ2v) is 3.05. The standard InChI is InChI=1S/C8H14O3/c1-3-4-5-7-6-8(2,9)11-10-7/h3,7,9H,1,4-6H2,2H3/t7-,8?/m1/s1. The van der Waals surface area contributed by atoms with Crippen molar-refractivity contribution in [3.05, 3.63) is 12.7 Å². The molecule has 0 radical (unpaired) electrons. The molecule has 0 aromatic heterocycles. The Kier molecular flexibility index (Phi) is 2.65. The van der Waals surface area contributed by atoms with E-state index in [0.29, 0.717) is 6.42 Å². The molecule has 2 atom stereocenters. The predicted molar refractivity (Wildman–Crippen MR) is 40.6 cm³/mol. The highest BCUT2D eigenvalue weighted by Gasteiger charge is 2.35. The van der Waals surface area contributed by atoms with Gasteiger partial charge in [0.25, 0.3) is 0 Å². The molecule has 3 heteroatoms. The lowest BCUT2D eigenvalue weighted by atomic mass is 10.1. The van der Waals surface area contributed by atoms with Crippen molar-refractivity contribution in [1.29, 1.82) is 0 Å². The zero-order chi connectivity index (χ0) is 8.32. The maximum atomic E-state index is 9.29. The highest BCUT2D eigenvalue weighted by molar-refractivity contribution is 4.75. The Bertz CT molecular complexity index is 142. The Labute approximate surface area is 66.5 Å². The summed E-state index contributed by atoms with van der Waals surface area (Å²) < 4.78 is 0. The van der Waals surface area contributed by atoms with Crippen molar-refractivity contribution in [3.8, 4) is 0 Å². The van der Waals surface area contributed by atoms with Crippen molar-refractivity contribution in [3.63, 3.8) is 0 Å². The first-order valence-electron chi connectivity index (χ1n) is 3.82. The molecule has 0 bridgehead atoms. The molecule has 1 saturated heterocycles. The van der Waals surface area contributed by atoms with Gasteiger partial charge in [-0.15, -0.1) is 6.58 Å². The minimum Gasteiger partial charge on any atom is -0.363 e. The fourth-order valence-electron chi connectivity index (χ4n) is 1.12. The highest BCUT2D eigenvalue weighted by atomic mass is 17.2. The molecule has 11 heavy (non-hydrogen) atoms. The summed E-state index contributed by atoms with van der Waals surface area (Å²) in [6.45, 7) is 5.20. The molecule has 1 N–H and O–H groups in total. The minimum absolute atomic E-state index is 0.0167. The number of allylic oxidation sites excluding steroid dienone is 1. The smallest absolute Gasteiger partial charge is 0.198 e. The Hall–Kier alpha value is -0.380. The SMILES string of the molecule is C=CCC[C@@H]1CC(C)(O)OO1. The van der Waals surface area contributed by atoms with E-state index in [1.54, 1.807) is 6.92 Å². The highest BCUT2D eigenvalue weighted by Crippen LogP contribution is 2.27. The van der Waals surface area contributed by atoms with Crippen LogP contribution in [0.4, 0.5) is 0 Å². The lowest BCUT2D eigenvalue weighted by molar-refractivity contribution is -0.372. The van der Waals surface area contributed by atoms with Crippen LogP contribution in [0.1, 0.15) is 26.2 Å². The molecule has 1 rings (SSSR count). The molecule has 1 aliphatic rings. The molecule has 0 aromatic rings. The van der Waals surface area contributed by atoms with Gasteiger partial charge in [0.2, 0.25) is 0 Å². The largest absolute Gasteiger partial charge is 0.363 e. The van der Waals surface area contributed by atoms with Crippen LogP contribution in [0.3, 0.4) is 0 Å². The summed E-state index contributed by atoms with van der Waals surface area (Å²) in [7, 11) is 0. The van der Waals surface area contributed by atoms with Crippen LogP contribution >= 0.6 is 0 Å². The minimum atomic E-state index is -1.09. The van der Waals surface area contributed by atoms with Crippen molar-refractivity contribution < 1.29 is 14.9 Å².